The van der Waals surface area contributed by atoms with Crippen molar-refractivity contribution in [3.63, 3.8) is 0 Å². The van der Waals surface area contributed by atoms with Gasteiger partial charge in [-0.25, -0.2) is 0 Å². The van der Waals surface area contributed by atoms with Gasteiger partial charge in [0.2, 0.25) is 0 Å². The van der Waals surface area contributed by atoms with Crippen LogP contribution in [0.3, 0.4) is 0 Å². The number of fused-ring (bicyclic) bond motifs is 2. The number of hydrogen-bond acceptors (Lipinski definition) is 2. The largest absolute Gasteiger partial charge is 0.411 e. The molecule has 0 radical (unpaired) electrons. The molecule has 0 saturated heterocycles. The fraction of sp³-hybridized carbons (Fsp3) is 0.700. The van der Waals surface area contributed by atoms with Gasteiger partial charge in [0.25, 0.3) is 0 Å². The molecule has 2 aliphatic rings. The highest BCUT2D eigenvalue weighted by Crippen LogP contribution is 2.40. The number of hydrogen-bond donors (Lipinski definition) is 1. The summed E-state index contributed by atoms with van der Waals surface area (Å²) in [5.74, 6) is 1.44. The first kappa shape index (κ1) is 7.84. The molecule has 0 spiro atoms. The molecule has 0 aliphatic heterocycles. The van der Waals surface area contributed by atoms with Crippen molar-refractivity contribution in [2.24, 2.45) is 17.0 Å². The van der Waals surface area contributed by atoms with Crippen LogP contribution in [0.2, 0.25) is 0 Å². The lowest BCUT2D eigenvalue weighted by Gasteiger charge is -2.35. The van der Waals surface area contributed by atoms with Crippen LogP contribution in [0.5, 0.6) is 0 Å². The molecule has 2 rings (SSSR count). The fourth-order valence-corrected chi connectivity index (χ4v) is 2.68. The van der Waals surface area contributed by atoms with Crippen molar-refractivity contribution in [3.05, 3.63) is 12.2 Å². The molecule has 2 atom stereocenters. The van der Waals surface area contributed by atoms with Crippen LogP contribution in [0.15, 0.2) is 17.3 Å². The van der Waals surface area contributed by atoms with E-state index >= 15 is 0 Å². The first-order valence-electron chi connectivity index (χ1n) is 4.64. The average molecular weight is 165 g/mol. The third-order valence-corrected chi connectivity index (χ3v) is 3.01. The molecule has 0 heterocycles. The fourth-order valence-electron chi connectivity index (χ4n) is 2.68. The second-order valence-electron chi connectivity index (χ2n) is 4.20. The highest BCUT2D eigenvalue weighted by atomic mass is 16.4. The van der Waals surface area contributed by atoms with E-state index in [1.54, 1.807) is 0 Å². The molecule has 2 saturated carbocycles. The summed E-state index contributed by atoms with van der Waals surface area (Å²) in [7, 11) is 0. The third kappa shape index (κ3) is 1.38. The molecule has 2 nitrogen and oxygen atoms in total. The Morgan fingerprint density at radius 1 is 1.17 bits per heavy atom. The van der Waals surface area contributed by atoms with Gasteiger partial charge >= 0.3 is 0 Å². The smallest absolute Gasteiger partial charge is 0.0576 e. The molecule has 0 aromatic carbocycles. The van der Waals surface area contributed by atoms with Gasteiger partial charge in [-0.1, -0.05) is 17.3 Å². The Hall–Kier alpha value is -0.790. The molecule has 0 aromatic heterocycles. The van der Waals surface area contributed by atoms with E-state index in [0.717, 1.165) is 43.2 Å². The summed E-state index contributed by atoms with van der Waals surface area (Å²) in [6, 6.07) is 0. The SMILES string of the molecule is C=C1C[C@@H]2CC(=NO)C[C@H](C1)C2. The predicted molar refractivity (Wildman–Crippen MR) is 48.4 cm³/mol. The normalized spacial score (nSPS) is 38.7. The predicted octanol–water partition coefficient (Wildman–Crippen LogP) is 2.58. The molecule has 1 N–H and O–H groups in total. The van der Waals surface area contributed by atoms with Gasteiger partial charge < -0.3 is 5.21 Å². The highest BCUT2D eigenvalue weighted by Gasteiger charge is 2.31. The first-order chi connectivity index (χ1) is 5.78. The minimum absolute atomic E-state index is 0.718. The van der Waals surface area contributed by atoms with Gasteiger partial charge in [-0.15, -0.1) is 0 Å². The summed E-state index contributed by atoms with van der Waals surface area (Å²) in [6.07, 6.45) is 5.60. The standard InChI is InChI=1S/C10H15NO/c1-7-2-8-4-9(3-7)6-10(5-8)11-12/h8-9,12H,1-6H2/t8-,9+. The van der Waals surface area contributed by atoms with Gasteiger partial charge in [-0.3, -0.25) is 0 Å². The van der Waals surface area contributed by atoms with Crippen LogP contribution in [0, 0.1) is 11.8 Å². The second kappa shape index (κ2) is 2.92. The molecular formula is C10H15NO. The zero-order valence-electron chi connectivity index (χ0n) is 7.29. The number of oxime groups is 1. The van der Waals surface area contributed by atoms with Crippen molar-refractivity contribution in [2.75, 3.05) is 0 Å². The van der Waals surface area contributed by atoms with Crippen molar-refractivity contribution >= 4 is 5.71 Å². The topological polar surface area (TPSA) is 32.6 Å². The van der Waals surface area contributed by atoms with E-state index in [9.17, 15) is 0 Å². The van der Waals surface area contributed by atoms with E-state index in [2.05, 4.69) is 11.7 Å². The molecule has 2 aliphatic carbocycles. The lowest BCUT2D eigenvalue weighted by molar-refractivity contribution is 0.277. The zero-order chi connectivity index (χ0) is 8.55. The van der Waals surface area contributed by atoms with Crippen LogP contribution in [0.25, 0.3) is 0 Å². The molecule has 0 amide bonds. The second-order valence-corrected chi connectivity index (χ2v) is 4.20. The van der Waals surface area contributed by atoms with Crippen LogP contribution in [0.1, 0.15) is 32.1 Å². The molecule has 12 heavy (non-hydrogen) atoms. The monoisotopic (exact) mass is 165 g/mol. The average Bonchev–Trinajstić information content (AvgIpc) is 2.02. The van der Waals surface area contributed by atoms with E-state index in [-0.39, 0.29) is 0 Å². The molecule has 2 fully saturated rings. The summed E-state index contributed by atoms with van der Waals surface area (Å²) in [5.41, 5.74) is 2.40. The van der Waals surface area contributed by atoms with Gasteiger partial charge in [-0.2, -0.15) is 0 Å². The first-order valence-corrected chi connectivity index (χ1v) is 4.64. The minimum Gasteiger partial charge on any atom is -0.411 e. The Bertz CT molecular complexity index is 214. The van der Waals surface area contributed by atoms with E-state index < -0.39 is 0 Å². The van der Waals surface area contributed by atoms with Gasteiger partial charge in [0.05, 0.1) is 5.71 Å². The maximum Gasteiger partial charge on any atom is 0.0576 e. The van der Waals surface area contributed by atoms with Crippen LogP contribution >= 0.6 is 0 Å². The third-order valence-electron chi connectivity index (χ3n) is 3.01. The zero-order valence-corrected chi connectivity index (χ0v) is 7.29. The summed E-state index contributed by atoms with van der Waals surface area (Å²) >= 11 is 0. The summed E-state index contributed by atoms with van der Waals surface area (Å²) < 4.78 is 0. The molecular weight excluding hydrogens is 150 g/mol. The maximum absolute atomic E-state index is 8.68. The maximum atomic E-state index is 8.68. The highest BCUT2D eigenvalue weighted by molar-refractivity contribution is 5.85. The lowest BCUT2D eigenvalue weighted by Crippen LogP contribution is -2.27. The number of allylic oxidation sites excluding steroid dienone is 1. The molecule has 0 aromatic rings. The van der Waals surface area contributed by atoms with E-state index in [1.807, 2.05) is 0 Å². The molecule has 2 heteroatoms. The van der Waals surface area contributed by atoms with Crippen LogP contribution in [-0.2, 0) is 0 Å². The summed E-state index contributed by atoms with van der Waals surface area (Å²) in [6.45, 7) is 4.05. The molecule has 0 unspecified atom stereocenters. The van der Waals surface area contributed by atoms with Crippen molar-refractivity contribution in [3.8, 4) is 0 Å². The Labute approximate surface area is 73.0 Å². The summed E-state index contributed by atoms with van der Waals surface area (Å²) in [5, 5.41) is 12.0. The number of rotatable bonds is 0. The van der Waals surface area contributed by atoms with Crippen LogP contribution < -0.4 is 0 Å². The van der Waals surface area contributed by atoms with Crippen molar-refractivity contribution in [1.29, 1.82) is 0 Å². The lowest BCUT2D eigenvalue weighted by atomic mass is 9.70. The van der Waals surface area contributed by atoms with Crippen molar-refractivity contribution in [2.45, 2.75) is 32.1 Å². The Balaban J connectivity index is 2.10. The van der Waals surface area contributed by atoms with Gasteiger partial charge in [-0.05, 0) is 43.9 Å². The van der Waals surface area contributed by atoms with E-state index in [0.29, 0.717) is 0 Å². The molecule has 66 valence electrons. The van der Waals surface area contributed by atoms with Crippen LogP contribution in [-0.4, -0.2) is 10.9 Å². The van der Waals surface area contributed by atoms with Crippen molar-refractivity contribution in [1.82, 2.24) is 0 Å². The van der Waals surface area contributed by atoms with E-state index in [4.69, 9.17) is 5.21 Å². The number of nitrogens with zero attached hydrogens (tertiary/aromatic N) is 1. The van der Waals surface area contributed by atoms with Crippen LogP contribution in [0.4, 0.5) is 0 Å². The van der Waals surface area contributed by atoms with E-state index in [1.165, 1.54) is 12.0 Å². The minimum atomic E-state index is 0.718. The van der Waals surface area contributed by atoms with Gasteiger partial charge in [0.15, 0.2) is 0 Å². The quantitative estimate of drug-likeness (QED) is 0.334. The Kier molecular flexibility index (Phi) is 1.91. The summed E-state index contributed by atoms with van der Waals surface area (Å²) in [4.78, 5) is 0. The Morgan fingerprint density at radius 3 is 2.25 bits per heavy atom. The Morgan fingerprint density at radius 2 is 1.75 bits per heavy atom. The van der Waals surface area contributed by atoms with Gasteiger partial charge in [0.1, 0.15) is 0 Å². The van der Waals surface area contributed by atoms with Crippen molar-refractivity contribution < 1.29 is 5.21 Å². The molecule has 2 bridgehead atoms. The van der Waals surface area contributed by atoms with Gasteiger partial charge in [0, 0.05) is 0 Å².